The number of carbonyl (C=O) groups is 2. The molecule has 20 heavy (non-hydrogen) atoms. The number of nitrogens with one attached hydrogen (secondary N) is 1. The molecule has 0 aromatic heterocycles. The van der Waals surface area contributed by atoms with E-state index in [-0.39, 0.29) is 0 Å². The average molecular weight is 293 g/mol. The van der Waals surface area contributed by atoms with Gasteiger partial charge in [-0.3, -0.25) is 4.79 Å². The lowest BCUT2D eigenvalue weighted by Crippen LogP contribution is -2.65. The molecule has 1 unspecified atom stereocenters. The molecule has 1 amide bonds. The van der Waals surface area contributed by atoms with Crippen LogP contribution in [0.4, 0.5) is 0 Å². The van der Waals surface area contributed by atoms with Gasteiger partial charge in [0, 0.05) is 6.92 Å². The molecule has 116 valence electrons. The second-order valence-electron chi connectivity index (χ2n) is 4.55. The summed E-state index contributed by atoms with van der Waals surface area (Å²) in [7, 11) is 0. The zero-order valence-corrected chi connectivity index (χ0v) is 11.1. The van der Waals surface area contributed by atoms with Gasteiger partial charge < -0.3 is 35.2 Å². The maximum absolute atomic E-state index is 11.1. The van der Waals surface area contributed by atoms with E-state index in [9.17, 15) is 19.8 Å². The largest absolute Gasteiger partial charge is 0.479 e. The number of carboxylic acids is 1. The van der Waals surface area contributed by atoms with Crippen LogP contribution in [-0.2, 0) is 19.1 Å². The lowest BCUT2D eigenvalue weighted by molar-refractivity contribution is -0.267. The second kappa shape index (κ2) is 6.95. The molecule has 9 heteroatoms. The van der Waals surface area contributed by atoms with Crippen molar-refractivity contribution in [2.24, 2.45) is 0 Å². The van der Waals surface area contributed by atoms with Crippen molar-refractivity contribution in [2.45, 2.75) is 50.6 Å². The summed E-state index contributed by atoms with van der Waals surface area (Å²) in [5, 5.41) is 40.0. The van der Waals surface area contributed by atoms with E-state index in [1.165, 1.54) is 13.8 Å². The van der Waals surface area contributed by atoms with Gasteiger partial charge in [-0.1, -0.05) is 0 Å². The van der Waals surface area contributed by atoms with Crippen molar-refractivity contribution in [1.82, 2.24) is 5.32 Å². The molecule has 1 rings (SSSR count). The van der Waals surface area contributed by atoms with Crippen LogP contribution in [0.1, 0.15) is 13.8 Å². The molecule has 5 N–H and O–H groups in total. The average Bonchev–Trinajstić information content (AvgIpc) is 2.36. The summed E-state index contributed by atoms with van der Waals surface area (Å²) in [5.74, 6) is -1.77. The highest BCUT2D eigenvalue weighted by atomic mass is 16.6. The van der Waals surface area contributed by atoms with Crippen LogP contribution in [0.3, 0.4) is 0 Å². The molecule has 6 atom stereocenters. The first-order chi connectivity index (χ1) is 9.27. The fourth-order valence-electron chi connectivity index (χ4n) is 1.93. The van der Waals surface area contributed by atoms with Crippen molar-refractivity contribution in [2.75, 3.05) is 6.61 Å². The fourth-order valence-corrected chi connectivity index (χ4v) is 1.93. The Morgan fingerprint density at radius 3 is 2.45 bits per heavy atom. The first-order valence-electron chi connectivity index (χ1n) is 6.05. The van der Waals surface area contributed by atoms with Crippen LogP contribution >= 0.6 is 0 Å². The number of hydrogen-bond donors (Lipinski definition) is 5. The maximum Gasteiger partial charge on any atom is 0.332 e. The normalized spacial score (nSPS) is 35.4. The third-order valence-corrected chi connectivity index (χ3v) is 2.95. The number of rotatable bonds is 5. The lowest BCUT2D eigenvalue weighted by Gasteiger charge is -2.42. The number of carboxylic acid groups (broad SMARTS) is 1. The van der Waals surface area contributed by atoms with Gasteiger partial charge >= 0.3 is 5.97 Å². The predicted molar refractivity (Wildman–Crippen MR) is 63.5 cm³/mol. The van der Waals surface area contributed by atoms with Crippen molar-refractivity contribution in [3.05, 3.63) is 0 Å². The molecule has 0 spiro atoms. The summed E-state index contributed by atoms with van der Waals surface area (Å²) < 4.78 is 10.1. The molecule has 9 nitrogen and oxygen atoms in total. The monoisotopic (exact) mass is 293 g/mol. The van der Waals surface area contributed by atoms with E-state index in [0.29, 0.717) is 0 Å². The Bertz CT molecular complexity index is 362. The summed E-state index contributed by atoms with van der Waals surface area (Å²) in [6.07, 6.45) is -6.57. The Morgan fingerprint density at radius 2 is 2.00 bits per heavy atom. The van der Waals surface area contributed by atoms with E-state index in [4.69, 9.17) is 19.7 Å². The van der Waals surface area contributed by atoms with Gasteiger partial charge in [0.05, 0.1) is 6.61 Å². The Balaban J connectivity index is 2.92. The first kappa shape index (κ1) is 16.8. The van der Waals surface area contributed by atoms with E-state index < -0.39 is 55.2 Å². The number of aliphatic hydroxyl groups excluding tert-OH is 3. The highest BCUT2D eigenvalue weighted by Gasteiger charge is 2.46. The van der Waals surface area contributed by atoms with Crippen LogP contribution in [0.5, 0.6) is 0 Å². The van der Waals surface area contributed by atoms with Gasteiger partial charge in [0.1, 0.15) is 24.4 Å². The van der Waals surface area contributed by atoms with Crippen LogP contribution < -0.4 is 5.32 Å². The second-order valence-corrected chi connectivity index (χ2v) is 4.55. The minimum absolute atomic E-state index is 0.510. The van der Waals surface area contributed by atoms with Gasteiger partial charge in [-0.05, 0) is 6.92 Å². The Morgan fingerprint density at radius 1 is 1.40 bits per heavy atom. The Labute approximate surface area is 115 Å². The predicted octanol–water partition coefficient (Wildman–Crippen LogP) is -2.58. The number of carbonyl (C=O) groups excluding carboxylic acids is 1. The SMILES string of the molecule is CC(=O)N[C@@H]1[C@@H](OC(C)C(=O)O)[C@H](O)[C@@H](CO)O[C@H]1O. The zero-order valence-electron chi connectivity index (χ0n) is 11.1. The van der Waals surface area contributed by atoms with E-state index in [0.717, 1.165) is 0 Å². The Hall–Kier alpha value is -1.26. The van der Waals surface area contributed by atoms with E-state index in [1.54, 1.807) is 0 Å². The van der Waals surface area contributed by atoms with E-state index in [1.807, 2.05) is 0 Å². The minimum Gasteiger partial charge on any atom is -0.479 e. The highest BCUT2D eigenvalue weighted by Crippen LogP contribution is 2.23. The Kier molecular flexibility index (Phi) is 5.84. The summed E-state index contributed by atoms with van der Waals surface area (Å²) in [6, 6.07) is -1.15. The number of aliphatic hydroxyl groups is 3. The molecule has 0 bridgehead atoms. The minimum atomic E-state index is -1.54. The fraction of sp³-hybridized carbons (Fsp3) is 0.818. The molecular weight excluding hydrogens is 274 g/mol. The lowest BCUT2D eigenvalue weighted by atomic mass is 9.96. The van der Waals surface area contributed by atoms with Crippen molar-refractivity contribution in [3.63, 3.8) is 0 Å². The number of hydrogen-bond acceptors (Lipinski definition) is 7. The van der Waals surface area contributed by atoms with Gasteiger partial charge in [-0.2, -0.15) is 0 Å². The topological polar surface area (TPSA) is 146 Å². The van der Waals surface area contributed by atoms with Crippen LogP contribution in [0, 0.1) is 0 Å². The molecule has 0 radical (unpaired) electrons. The van der Waals surface area contributed by atoms with Crippen molar-refractivity contribution in [3.8, 4) is 0 Å². The van der Waals surface area contributed by atoms with Crippen molar-refractivity contribution < 1.29 is 39.5 Å². The van der Waals surface area contributed by atoms with Crippen LogP contribution in [-0.4, -0.2) is 75.7 Å². The van der Waals surface area contributed by atoms with Crippen molar-refractivity contribution >= 4 is 11.9 Å². The zero-order chi connectivity index (χ0) is 15.4. The summed E-state index contributed by atoms with van der Waals surface area (Å²) in [5.41, 5.74) is 0. The third kappa shape index (κ3) is 3.87. The molecule has 1 saturated heterocycles. The molecule has 1 heterocycles. The molecular formula is C11H19NO8. The third-order valence-electron chi connectivity index (χ3n) is 2.95. The summed E-state index contributed by atoms with van der Waals surface area (Å²) >= 11 is 0. The van der Waals surface area contributed by atoms with Gasteiger partial charge in [0.25, 0.3) is 0 Å². The van der Waals surface area contributed by atoms with Crippen LogP contribution in [0.25, 0.3) is 0 Å². The number of ether oxygens (including phenoxy) is 2. The highest BCUT2D eigenvalue weighted by molar-refractivity contribution is 5.73. The van der Waals surface area contributed by atoms with Crippen LogP contribution in [0.15, 0.2) is 0 Å². The van der Waals surface area contributed by atoms with Gasteiger partial charge in [0.15, 0.2) is 12.4 Å². The first-order valence-corrected chi connectivity index (χ1v) is 6.05. The smallest absolute Gasteiger partial charge is 0.332 e. The number of amides is 1. The maximum atomic E-state index is 11.1. The molecule has 0 aromatic rings. The standard InChI is InChI=1S/C11H19NO8/c1-4(10(16)17)19-9-7(12-5(2)14)11(18)20-6(3-13)8(9)15/h4,6-9,11,13,15,18H,3H2,1-2H3,(H,12,14)(H,16,17)/t4?,6-,7-,8-,9-,11-/m1/s1. The molecule has 1 aliphatic heterocycles. The molecule has 0 saturated carbocycles. The summed E-state index contributed by atoms with van der Waals surface area (Å²) in [6.45, 7) is 1.84. The molecule has 0 aliphatic carbocycles. The van der Waals surface area contributed by atoms with E-state index >= 15 is 0 Å². The number of aliphatic carboxylic acids is 1. The van der Waals surface area contributed by atoms with Crippen molar-refractivity contribution in [1.29, 1.82) is 0 Å². The van der Waals surface area contributed by atoms with Gasteiger partial charge in [-0.15, -0.1) is 0 Å². The quantitative estimate of drug-likeness (QED) is 0.371. The van der Waals surface area contributed by atoms with E-state index in [2.05, 4.69) is 5.32 Å². The summed E-state index contributed by atoms with van der Waals surface area (Å²) in [4.78, 5) is 21.9. The van der Waals surface area contributed by atoms with Crippen LogP contribution in [0.2, 0.25) is 0 Å². The van der Waals surface area contributed by atoms with Gasteiger partial charge in [0.2, 0.25) is 5.91 Å². The molecule has 1 aliphatic rings. The molecule has 1 fully saturated rings. The van der Waals surface area contributed by atoms with Gasteiger partial charge in [-0.25, -0.2) is 4.79 Å². The molecule has 0 aromatic carbocycles.